The largest absolute Gasteiger partial charge is 0.480 e. The molecule has 0 unspecified atom stereocenters. The molecule has 5 rings (SSSR count). The molecule has 1 aliphatic heterocycles. The van der Waals surface area contributed by atoms with Crippen LogP contribution in [0.4, 0.5) is 10.2 Å². The molecular formula is C25H31FN6O3. The number of hydrogen-bond donors (Lipinski definition) is 1. The van der Waals surface area contributed by atoms with Crippen molar-refractivity contribution in [2.45, 2.75) is 34.1 Å². The Kier molecular flexibility index (Phi) is 7.30. The third-order valence-corrected chi connectivity index (χ3v) is 6.11. The maximum Gasteiger partial charge on any atom is 0.318 e. The molecule has 10 heteroatoms. The van der Waals surface area contributed by atoms with Gasteiger partial charge in [0.25, 0.3) is 0 Å². The summed E-state index contributed by atoms with van der Waals surface area (Å²) in [6, 6.07) is 2.07. The van der Waals surface area contributed by atoms with Crippen LogP contribution in [-0.4, -0.2) is 65.7 Å². The second-order valence-corrected chi connectivity index (χ2v) is 8.02. The third-order valence-electron chi connectivity index (χ3n) is 6.11. The number of pyridine rings is 1. The van der Waals surface area contributed by atoms with E-state index in [1.165, 1.54) is 14.2 Å². The number of halogens is 1. The molecule has 1 N–H and O–H groups in total. The Labute approximate surface area is 203 Å². The molecule has 1 saturated heterocycles. The number of anilines is 1. The van der Waals surface area contributed by atoms with Crippen LogP contribution in [0.25, 0.3) is 33.1 Å². The molecular weight excluding hydrogens is 451 g/mol. The predicted octanol–water partition coefficient (Wildman–Crippen LogP) is 4.59. The molecule has 0 saturated carbocycles. The first-order valence-electron chi connectivity index (χ1n) is 11.8. The molecule has 0 radical (unpaired) electrons. The summed E-state index contributed by atoms with van der Waals surface area (Å²) in [5.41, 5.74) is 3.60. The van der Waals surface area contributed by atoms with Gasteiger partial charge in [-0.2, -0.15) is 15.1 Å². The number of methoxy groups -OCH3 is 2. The van der Waals surface area contributed by atoms with Gasteiger partial charge in [-0.25, -0.2) is 9.37 Å². The number of ether oxygens (including phenoxy) is 3. The monoisotopic (exact) mass is 482 g/mol. The van der Waals surface area contributed by atoms with Crippen molar-refractivity contribution in [1.29, 1.82) is 0 Å². The summed E-state index contributed by atoms with van der Waals surface area (Å²) in [5.74, 6) is 0.211. The van der Waals surface area contributed by atoms with Gasteiger partial charge in [-0.3, -0.25) is 5.10 Å². The first-order chi connectivity index (χ1) is 17.0. The van der Waals surface area contributed by atoms with Gasteiger partial charge in [0.1, 0.15) is 22.4 Å². The highest BCUT2D eigenvalue weighted by Crippen LogP contribution is 2.41. The molecule has 1 aromatic carbocycles. The topological polar surface area (TPSA) is 98.3 Å². The third kappa shape index (κ3) is 4.34. The molecule has 186 valence electrons. The van der Waals surface area contributed by atoms with Crippen molar-refractivity contribution in [2.75, 3.05) is 45.4 Å². The van der Waals surface area contributed by atoms with Gasteiger partial charge in [-0.15, -0.1) is 0 Å². The van der Waals surface area contributed by atoms with Crippen molar-refractivity contribution >= 4 is 27.6 Å². The van der Waals surface area contributed by atoms with E-state index in [4.69, 9.17) is 14.2 Å². The quantitative estimate of drug-likeness (QED) is 0.451. The second kappa shape index (κ2) is 10.4. The predicted molar refractivity (Wildman–Crippen MR) is 134 cm³/mol. The summed E-state index contributed by atoms with van der Waals surface area (Å²) in [4.78, 5) is 15.6. The molecule has 0 aliphatic carbocycles. The zero-order valence-corrected chi connectivity index (χ0v) is 21.0. The van der Waals surface area contributed by atoms with Gasteiger partial charge in [0.15, 0.2) is 5.82 Å². The summed E-state index contributed by atoms with van der Waals surface area (Å²) in [6.45, 7) is 10.4. The van der Waals surface area contributed by atoms with E-state index < -0.39 is 5.82 Å². The van der Waals surface area contributed by atoms with E-state index in [1.807, 2.05) is 38.7 Å². The number of fused-ring (bicyclic) bond motifs is 2. The Balaban J connectivity index is 0.00000141. The van der Waals surface area contributed by atoms with Crippen molar-refractivity contribution in [3.63, 3.8) is 0 Å². The van der Waals surface area contributed by atoms with Crippen LogP contribution in [0.2, 0.25) is 0 Å². The van der Waals surface area contributed by atoms with E-state index in [1.54, 1.807) is 6.20 Å². The van der Waals surface area contributed by atoms with Gasteiger partial charge in [-0.1, -0.05) is 13.8 Å². The first-order valence-corrected chi connectivity index (χ1v) is 11.8. The zero-order chi connectivity index (χ0) is 25.1. The SMILES string of the molecule is CC.COc1nc(N2CCCOCC2)c2c(OC)nc(-c3c(C)c(C)cc4[nH]ncc34)c(F)c2n1. The minimum absolute atomic E-state index is 0.0789. The standard InChI is InChI=1S/C23H25FN6O3.C2H6/c1-12-10-15-14(11-25-29-15)16(13(12)2)19-18(24)20-17(22(26-19)31-3)21(28-23(27-20)32-4)30-6-5-8-33-9-7-30;1-2/h10-11H,5-9H2,1-4H3,(H,25,29);1-2H3. The number of H-pyrrole nitrogens is 1. The zero-order valence-electron chi connectivity index (χ0n) is 21.0. The van der Waals surface area contributed by atoms with Crippen LogP contribution in [0.15, 0.2) is 12.3 Å². The minimum Gasteiger partial charge on any atom is -0.480 e. The van der Waals surface area contributed by atoms with E-state index in [2.05, 4.69) is 25.1 Å². The van der Waals surface area contributed by atoms with Crippen molar-refractivity contribution in [1.82, 2.24) is 25.1 Å². The van der Waals surface area contributed by atoms with E-state index >= 15 is 4.39 Å². The van der Waals surface area contributed by atoms with Crippen LogP contribution in [0.3, 0.4) is 0 Å². The molecule has 1 fully saturated rings. The van der Waals surface area contributed by atoms with Crippen LogP contribution < -0.4 is 14.4 Å². The van der Waals surface area contributed by atoms with E-state index in [-0.39, 0.29) is 23.1 Å². The van der Waals surface area contributed by atoms with Gasteiger partial charge < -0.3 is 19.1 Å². The minimum atomic E-state index is -0.560. The molecule has 4 aromatic rings. The summed E-state index contributed by atoms with van der Waals surface area (Å²) in [7, 11) is 2.98. The van der Waals surface area contributed by atoms with Crippen molar-refractivity contribution < 1.29 is 18.6 Å². The van der Waals surface area contributed by atoms with Gasteiger partial charge in [0.2, 0.25) is 5.88 Å². The molecule has 9 nitrogen and oxygen atoms in total. The average Bonchev–Trinajstić information content (AvgIpc) is 3.17. The second-order valence-electron chi connectivity index (χ2n) is 8.02. The number of rotatable bonds is 4. The number of aromatic amines is 1. The lowest BCUT2D eigenvalue weighted by atomic mass is 9.96. The Hall–Kier alpha value is -3.53. The number of nitrogens with one attached hydrogen (secondary N) is 1. The van der Waals surface area contributed by atoms with Gasteiger partial charge in [-0.05, 0) is 37.5 Å². The molecule has 0 atom stereocenters. The number of nitrogens with zero attached hydrogens (tertiary/aromatic N) is 5. The van der Waals surface area contributed by atoms with E-state index in [0.717, 1.165) is 28.5 Å². The van der Waals surface area contributed by atoms with Crippen molar-refractivity contribution in [3.05, 3.63) is 29.2 Å². The fourth-order valence-electron chi connectivity index (χ4n) is 4.33. The van der Waals surface area contributed by atoms with Crippen molar-refractivity contribution in [2.24, 2.45) is 0 Å². The van der Waals surface area contributed by atoms with Crippen LogP contribution in [0.1, 0.15) is 31.4 Å². The normalized spacial score (nSPS) is 14.0. The summed E-state index contributed by atoms with van der Waals surface area (Å²) >= 11 is 0. The summed E-state index contributed by atoms with van der Waals surface area (Å²) in [6.07, 6.45) is 2.50. The summed E-state index contributed by atoms with van der Waals surface area (Å²) in [5, 5.41) is 8.30. The highest BCUT2D eigenvalue weighted by atomic mass is 19.1. The average molecular weight is 483 g/mol. The number of aryl methyl sites for hydroxylation is 1. The highest BCUT2D eigenvalue weighted by molar-refractivity contribution is 6.01. The van der Waals surface area contributed by atoms with Crippen LogP contribution >= 0.6 is 0 Å². The van der Waals surface area contributed by atoms with E-state index in [0.29, 0.717) is 43.1 Å². The lowest BCUT2D eigenvalue weighted by molar-refractivity contribution is 0.152. The molecule has 35 heavy (non-hydrogen) atoms. The number of benzene rings is 1. The summed E-state index contributed by atoms with van der Waals surface area (Å²) < 4.78 is 32.8. The fourth-order valence-corrected chi connectivity index (χ4v) is 4.33. The van der Waals surface area contributed by atoms with Crippen LogP contribution in [-0.2, 0) is 4.74 Å². The van der Waals surface area contributed by atoms with Gasteiger partial charge in [0, 0.05) is 30.6 Å². The molecule has 0 spiro atoms. The molecule has 0 bridgehead atoms. The Morgan fingerprint density at radius 3 is 2.60 bits per heavy atom. The lowest BCUT2D eigenvalue weighted by Crippen LogP contribution is -2.27. The van der Waals surface area contributed by atoms with Crippen molar-refractivity contribution in [3.8, 4) is 23.1 Å². The first kappa shape index (κ1) is 24.6. The Bertz CT molecular complexity index is 1350. The highest BCUT2D eigenvalue weighted by Gasteiger charge is 2.27. The van der Waals surface area contributed by atoms with Gasteiger partial charge in [0.05, 0.1) is 32.5 Å². The van der Waals surface area contributed by atoms with Crippen LogP contribution in [0.5, 0.6) is 11.9 Å². The van der Waals surface area contributed by atoms with E-state index in [9.17, 15) is 0 Å². The molecule has 4 heterocycles. The Morgan fingerprint density at radius 1 is 1.06 bits per heavy atom. The number of aromatic nitrogens is 5. The maximum atomic E-state index is 16.2. The lowest BCUT2D eigenvalue weighted by Gasteiger charge is -2.23. The Morgan fingerprint density at radius 2 is 1.86 bits per heavy atom. The molecule has 1 aliphatic rings. The molecule has 0 amide bonds. The fraction of sp³-hybridized carbons (Fsp3) is 0.440. The maximum absolute atomic E-state index is 16.2. The van der Waals surface area contributed by atoms with Crippen LogP contribution in [0, 0.1) is 19.7 Å². The van der Waals surface area contributed by atoms with Gasteiger partial charge >= 0.3 is 6.01 Å². The number of hydrogen-bond acceptors (Lipinski definition) is 8. The molecule has 3 aromatic heterocycles. The smallest absolute Gasteiger partial charge is 0.318 e.